The topological polar surface area (TPSA) is 82.1 Å². The third-order valence-corrected chi connectivity index (χ3v) is 5.20. The quantitative estimate of drug-likeness (QED) is 0.665. The zero-order valence-corrected chi connectivity index (χ0v) is 17.1. The van der Waals surface area contributed by atoms with Crippen molar-refractivity contribution in [3.8, 4) is 0 Å². The largest absolute Gasteiger partial charge is 0.340 e. The lowest BCUT2D eigenvalue weighted by Crippen LogP contribution is -2.39. The number of unbranched alkanes of at least 4 members (excludes halogenated alkanes) is 1. The summed E-state index contributed by atoms with van der Waals surface area (Å²) >= 11 is 0. The van der Waals surface area contributed by atoms with Crippen LogP contribution in [0.1, 0.15) is 52.9 Å². The van der Waals surface area contributed by atoms with Crippen LogP contribution in [0, 0.1) is 0 Å². The third kappa shape index (κ3) is 4.31. The molecule has 8 nitrogen and oxygen atoms in total. The Kier molecular flexibility index (Phi) is 6.98. The number of hydrogen-bond donors (Lipinski definition) is 0. The summed E-state index contributed by atoms with van der Waals surface area (Å²) in [6, 6.07) is 0.236. The van der Waals surface area contributed by atoms with Gasteiger partial charge in [-0.3, -0.25) is 18.7 Å². The van der Waals surface area contributed by atoms with Crippen molar-refractivity contribution < 1.29 is 4.79 Å². The number of carbonyl (C=O) groups excluding carboxylic acids is 1. The number of nitrogens with zero attached hydrogens (tertiary/aromatic N) is 5. The maximum Gasteiger partial charge on any atom is 0.332 e. The van der Waals surface area contributed by atoms with Crippen molar-refractivity contribution in [3.63, 3.8) is 0 Å². The van der Waals surface area contributed by atoms with Crippen LogP contribution < -0.4 is 11.2 Å². The van der Waals surface area contributed by atoms with Crippen LogP contribution in [0.15, 0.2) is 15.9 Å². The molecule has 0 aromatic carbocycles. The Labute approximate surface area is 159 Å². The second-order valence-electron chi connectivity index (χ2n) is 7.12. The molecule has 1 amide bonds. The van der Waals surface area contributed by atoms with E-state index in [0.717, 1.165) is 30.4 Å². The first-order chi connectivity index (χ1) is 12.8. The molecule has 0 fully saturated rings. The van der Waals surface area contributed by atoms with E-state index in [1.807, 2.05) is 4.90 Å². The van der Waals surface area contributed by atoms with Gasteiger partial charge in [0.15, 0.2) is 11.2 Å². The van der Waals surface area contributed by atoms with Gasteiger partial charge in [0, 0.05) is 39.6 Å². The molecule has 1 atom stereocenters. The van der Waals surface area contributed by atoms with Crippen molar-refractivity contribution in [2.75, 3.05) is 6.54 Å². The minimum Gasteiger partial charge on any atom is -0.340 e. The molecule has 0 bridgehead atoms. The fourth-order valence-electron chi connectivity index (χ4n) is 3.25. The number of fused-ring (bicyclic) bond motifs is 1. The molecule has 8 heteroatoms. The minimum atomic E-state index is -0.395. The number of imidazole rings is 1. The van der Waals surface area contributed by atoms with E-state index in [-0.39, 0.29) is 17.5 Å². The van der Waals surface area contributed by atoms with Gasteiger partial charge >= 0.3 is 5.69 Å². The molecule has 0 aliphatic carbocycles. The maximum absolute atomic E-state index is 12.7. The molecule has 1 unspecified atom stereocenters. The van der Waals surface area contributed by atoms with Crippen LogP contribution in [0.2, 0.25) is 0 Å². The van der Waals surface area contributed by atoms with E-state index in [1.165, 1.54) is 11.6 Å². The van der Waals surface area contributed by atoms with Gasteiger partial charge in [-0.25, -0.2) is 9.78 Å². The highest BCUT2D eigenvalue weighted by molar-refractivity contribution is 5.76. The van der Waals surface area contributed by atoms with Crippen molar-refractivity contribution in [1.29, 1.82) is 0 Å². The first-order valence-corrected chi connectivity index (χ1v) is 9.73. The van der Waals surface area contributed by atoms with Crippen LogP contribution in [0.3, 0.4) is 0 Å². The lowest BCUT2D eigenvalue weighted by Gasteiger charge is -2.28. The molecular formula is C19H31N5O3. The molecule has 0 aliphatic heterocycles. The first-order valence-electron chi connectivity index (χ1n) is 9.73. The van der Waals surface area contributed by atoms with Gasteiger partial charge in [0.25, 0.3) is 5.56 Å². The van der Waals surface area contributed by atoms with Crippen molar-refractivity contribution in [2.45, 2.75) is 65.5 Å². The minimum absolute atomic E-state index is 0.155. The predicted octanol–water partition coefficient (Wildman–Crippen LogP) is 1.64. The number of amides is 1. The zero-order valence-electron chi connectivity index (χ0n) is 17.1. The predicted molar refractivity (Wildman–Crippen MR) is 106 cm³/mol. The summed E-state index contributed by atoms with van der Waals surface area (Å²) in [5.41, 5.74) is 0.0181. The molecule has 0 spiro atoms. The van der Waals surface area contributed by atoms with Crippen molar-refractivity contribution in [1.82, 2.24) is 23.6 Å². The van der Waals surface area contributed by atoms with Crippen molar-refractivity contribution in [2.24, 2.45) is 14.1 Å². The van der Waals surface area contributed by atoms with Gasteiger partial charge in [0.2, 0.25) is 5.91 Å². The summed E-state index contributed by atoms with van der Waals surface area (Å²) in [5, 5.41) is 0. The van der Waals surface area contributed by atoms with Crippen molar-refractivity contribution in [3.05, 3.63) is 27.2 Å². The van der Waals surface area contributed by atoms with E-state index >= 15 is 0 Å². The first kappa shape index (κ1) is 20.9. The zero-order chi connectivity index (χ0) is 20.1. The molecule has 2 aromatic rings. The van der Waals surface area contributed by atoms with E-state index in [0.29, 0.717) is 30.6 Å². The monoisotopic (exact) mass is 377 g/mol. The Morgan fingerprint density at radius 2 is 1.89 bits per heavy atom. The number of aromatic nitrogens is 4. The third-order valence-electron chi connectivity index (χ3n) is 5.20. The van der Waals surface area contributed by atoms with E-state index < -0.39 is 5.69 Å². The van der Waals surface area contributed by atoms with Crippen molar-refractivity contribution >= 4 is 17.1 Å². The molecule has 0 aliphatic rings. The van der Waals surface area contributed by atoms with E-state index in [2.05, 4.69) is 25.8 Å². The molecule has 0 saturated heterocycles. The van der Waals surface area contributed by atoms with E-state index in [4.69, 9.17) is 0 Å². The second kappa shape index (κ2) is 9.01. The molecule has 0 radical (unpaired) electrons. The van der Waals surface area contributed by atoms with Gasteiger partial charge in [-0.15, -0.1) is 0 Å². The van der Waals surface area contributed by atoms with Gasteiger partial charge < -0.3 is 9.47 Å². The van der Waals surface area contributed by atoms with Crippen LogP contribution >= 0.6 is 0 Å². The van der Waals surface area contributed by atoms with Crippen LogP contribution in [0.4, 0.5) is 0 Å². The Morgan fingerprint density at radius 1 is 1.19 bits per heavy atom. The molecule has 0 saturated carbocycles. The highest BCUT2D eigenvalue weighted by atomic mass is 16.2. The molecule has 0 N–H and O–H groups in total. The average Bonchev–Trinajstić information content (AvgIpc) is 3.08. The Hall–Kier alpha value is -2.38. The molecule has 150 valence electrons. The standard InChI is InChI=1S/C19H31N5O3/c1-6-8-12-24(14(3)7-2)15(25)10-9-11-23-13-20-17-16(23)18(26)22(5)19(27)21(17)4/h13-14H,6-12H2,1-5H3. The number of carbonyl (C=O) groups is 1. The number of aryl methyl sites for hydroxylation is 2. The normalized spacial score (nSPS) is 12.5. The van der Waals surface area contributed by atoms with Crippen LogP contribution in [0.25, 0.3) is 11.2 Å². The fraction of sp³-hybridized carbons (Fsp3) is 0.684. The SMILES string of the molecule is CCCCN(C(=O)CCCn1cnc2c1c(=O)n(C)c(=O)n2C)C(C)CC. The number of rotatable bonds is 9. The fourth-order valence-corrected chi connectivity index (χ4v) is 3.25. The van der Waals surface area contributed by atoms with Gasteiger partial charge in [-0.1, -0.05) is 20.3 Å². The Morgan fingerprint density at radius 3 is 2.52 bits per heavy atom. The summed E-state index contributed by atoms with van der Waals surface area (Å²) in [6.45, 7) is 7.60. The van der Waals surface area contributed by atoms with E-state index in [1.54, 1.807) is 17.9 Å². The molecular weight excluding hydrogens is 346 g/mol. The highest BCUT2D eigenvalue weighted by Gasteiger charge is 2.19. The Balaban J connectivity index is 2.12. The lowest BCUT2D eigenvalue weighted by molar-refractivity contribution is -0.133. The van der Waals surface area contributed by atoms with Gasteiger partial charge in [0.05, 0.1) is 6.33 Å². The molecule has 2 rings (SSSR count). The summed E-state index contributed by atoms with van der Waals surface area (Å²) < 4.78 is 4.19. The lowest BCUT2D eigenvalue weighted by atomic mass is 10.1. The van der Waals surface area contributed by atoms with E-state index in [9.17, 15) is 14.4 Å². The van der Waals surface area contributed by atoms with Gasteiger partial charge in [0.1, 0.15) is 0 Å². The highest BCUT2D eigenvalue weighted by Crippen LogP contribution is 2.11. The van der Waals surface area contributed by atoms with Crippen LogP contribution in [-0.4, -0.2) is 42.1 Å². The van der Waals surface area contributed by atoms with Crippen LogP contribution in [-0.2, 0) is 25.4 Å². The summed E-state index contributed by atoms with van der Waals surface area (Å²) in [6.07, 6.45) is 5.62. The second-order valence-corrected chi connectivity index (χ2v) is 7.12. The summed E-state index contributed by atoms with van der Waals surface area (Å²) in [5.74, 6) is 0.155. The van der Waals surface area contributed by atoms with Gasteiger partial charge in [-0.2, -0.15) is 0 Å². The van der Waals surface area contributed by atoms with Gasteiger partial charge in [-0.05, 0) is 26.2 Å². The molecule has 2 heterocycles. The molecule has 2 aromatic heterocycles. The maximum atomic E-state index is 12.7. The molecule has 27 heavy (non-hydrogen) atoms. The average molecular weight is 377 g/mol. The summed E-state index contributed by atoms with van der Waals surface area (Å²) in [4.78, 5) is 43.3. The summed E-state index contributed by atoms with van der Waals surface area (Å²) in [7, 11) is 3.06. The Bertz CT molecular complexity index is 908. The number of hydrogen-bond acceptors (Lipinski definition) is 4. The smallest absolute Gasteiger partial charge is 0.332 e. The van der Waals surface area contributed by atoms with Crippen LogP contribution in [0.5, 0.6) is 0 Å².